The van der Waals surface area contributed by atoms with E-state index in [1.165, 1.54) is 24.6 Å². The van der Waals surface area contributed by atoms with Gasteiger partial charge in [0.15, 0.2) is 0 Å². The van der Waals surface area contributed by atoms with Gasteiger partial charge in [0.2, 0.25) is 5.91 Å². The van der Waals surface area contributed by atoms with Crippen molar-refractivity contribution in [3.8, 4) is 5.75 Å². The van der Waals surface area contributed by atoms with Crippen LogP contribution in [0.4, 0.5) is 11.4 Å². The average molecular weight is 484 g/mol. The second kappa shape index (κ2) is 12.0. The van der Waals surface area contributed by atoms with Crippen LogP contribution in [0.2, 0.25) is 0 Å². The third kappa shape index (κ3) is 7.18. The summed E-state index contributed by atoms with van der Waals surface area (Å²) in [4.78, 5) is 24.8. The number of phenolic OH excluding ortho intramolecular Hbond substituents is 1. The molecule has 0 aromatic heterocycles. The first kappa shape index (κ1) is 26.5. The van der Waals surface area contributed by atoms with E-state index in [1.807, 2.05) is 36.2 Å². The van der Waals surface area contributed by atoms with Crippen molar-refractivity contribution in [3.63, 3.8) is 0 Å². The summed E-state index contributed by atoms with van der Waals surface area (Å²) < 4.78 is 6.04. The van der Waals surface area contributed by atoms with E-state index in [2.05, 4.69) is 26.1 Å². The number of benzene rings is 2. The Kier molecular flexibility index (Phi) is 9.09. The number of hydrogen-bond donors (Lipinski definition) is 2. The van der Waals surface area contributed by atoms with Crippen LogP contribution >= 0.6 is 0 Å². The van der Waals surface area contributed by atoms with Crippen molar-refractivity contribution in [2.24, 2.45) is 17.8 Å². The number of aromatic hydroxyl groups is 1. The van der Waals surface area contributed by atoms with Crippen molar-refractivity contribution >= 4 is 17.3 Å². The predicted molar refractivity (Wildman–Crippen MR) is 136 cm³/mol. The number of anilines is 1. The summed E-state index contributed by atoms with van der Waals surface area (Å²) in [5.41, 5.74) is 2.27. The third-order valence-corrected chi connectivity index (χ3v) is 6.98. The number of ether oxygens (including phenoxy) is 1. The first-order valence-corrected chi connectivity index (χ1v) is 12.3. The lowest BCUT2D eigenvalue weighted by Crippen LogP contribution is -2.39. The summed E-state index contributed by atoms with van der Waals surface area (Å²) in [6.07, 6.45) is 3.54. The quantitative estimate of drug-likeness (QED) is 0.363. The minimum absolute atomic E-state index is 0.0198. The van der Waals surface area contributed by atoms with Gasteiger partial charge in [-0.15, -0.1) is 0 Å². The molecular formula is C27H37N3O5. The third-order valence-electron chi connectivity index (χ3n) is 6.98. The lowest BCUT2D eigenvalue weighted by molar-refractivity contribution is -0.384. The number of phenols is 1. The molecule has 0 saturated heterocycles. The fourth-order valence-corrected chi connectivity index (χ4v) is 5.13. The Morgan fingerprint density at radius 2 is 1.94 bits per heavy atom. The number of rotatable bonds is 10. The first-order chi connectivity index (χ1) is 16.7. The second-order valence-corrected chi connectivity index (χ2v) is 9.95. The molecule has 1 amide bonds. The topological polar surface area (TPSA) is 105 Å². The maximum atomic E-state index is 12.4. The molecule has 1 aliphatic carbocycles. The highest BCUT2D eigenvalue weighted by molar-refractivity contribution is 5.77. The highest BCUT2D eigenvalue weighted by Gasteiger charge is 2.33. The summed E-state index contributed by atoms with van der Waals surface area (Å²) in [5, 5.41) is 24.0. The van der Waals surface area contributed by atoms with E-state index >= 15 is 0 Å². The molecule has 1 saturated carbocycles. The largest absolute Gasteiger partial charge is 0.508 e. The number of carbonyl (C=O) groups excluding carboxylic acids is 1. The molecule has 0 aliphatic heterocycles. The number of hydrogen-bond acceptors (Lipinski definition) is 6. The van der Waals surface area contributed by atoms with Crippen LogP contribution in [0.25, 0.3) is 0 Å². The van der Waals surface area contributed by atoms with Gasteiger partial charge in [-0.05, 0) is 47.9 Å². The molecule has 35 heavy (non-hydrogen) atoms. The van der Waals surface area contributed by atoms with Crippen LogP contribution < -0.4 is 10.2 Å². The molecule has 2 aromatic rings. The van der Waals surface area contributed by atoms with E-state index in [0.717, 1.165) is 24.1 Å². The van der Waals surface area contributed by atoms with E-state index in [-0.39, 0.29) is 30.1 Å². The Bertz CT molecular complexity index is 1010. The van der Waals surface area contributed by atoms with Gasteiger partial charge in [-0.3, -0.25) is 14.9 Å². The fourth-order valence-electron chi connectivity index (χ4n) is 5.13. The average Bonchev–Trinajstić information content (AvgIpc) is 2.82. The minimum atomic E-state index is -0.477. The minimum Gasteiger partial charge on any atom is -0.508 e. The highest BCUT2D eigenvalue weighted by Crippen LogP contribution is 2.36. The summed E-state index contributed by atoms with van der Waals surface area (Å²) in [6, 6.07) is 11.7. The van der Waals surface area contributed by atoms with Crippen molar-refractivity contribution < 1.29 is 19.6 Å². The zero-order chi connectivity index (χ0) is 25.5. The Balaban J connectivity index is 1.49. The van der Waals surface area contributed by atoms with Crippen LogP contribution in [0.3, 0.4) is 0 Å². The molecule has 0 bridgehead atoms. The van der Waals surface area contributed by atoms with Crippen LogP contribution in [-0.2, 0) is 22.6 Å². The van der Waals surface area contributed by atoms with Gasteiger partial charge in [0.05, 0.1) is 11.0 Å². The summed E-state index contributed by atoms with van der Waals surface area (Å²) in [5.74, 6) is 1.55. The fraction of sp³-hybridized carbons (Fsp3) is 0.519. The Morgan fingerprint density at radius 3 is 2.60 bits per heavy atom. The first-order valence-electron chi connectivity index (χ1n) is 12.3. The van der Waals surface area contributed by atoms with Crippen molar-refractivity contribution in [2.45, 2.75) is 59.2 Å². The van der Waals surface area contributed by atoms with Crippen molar-refractivity contribution in [1.82, 2.24) is 5.32 Å². The standard InChI is InChI=1S/C27H37N3O5/c1-18(2)27-19(3)6-5-7-25(27)35-17-26(32)28-15-20-8-10-22(11-9-20)29(4)16-21-14-23(30(33)34)12-13-24(21)31/h8-14,18-19,25,27,31H,5-7,15-17H2,1-4H3,(H,28,32). The number of non-ortho nitro benzene ring substituents is 1. The van der Waals surface area contributed by atoms with Gasteiger partial charge in [-0.2, -0.15) is 0 Å². The Labute approximate surface area is 207 Å². The van der Waals surface area contributed by atoms with Crippen molar-refractivity contribution in [1.29, 1.82) is 0 Å². The molecule has 1 fully saturated rings. The molecule has 3 unspecified atom stereocenters. The molecule has 0 heterocycles. The smallest absolute Gasteiger partial charge is 0.270 e. The van der Waals surface area contributed by atoms with Gasteiger partial charge >= 0.3 is 0 Å². The summed E-state index contributed by atoms with van der Waals surface area (Å²) in [7, 11) is 1.85. The molecule has 1 aliphatic rings. The van der Waals surface area contributed by atoms with Gasteiger partial charge in [-0.25, -0.2) is 0 Å². The van der Waals surface area contributed by atoms with E-state index < -0.39 is 4.92 Å². The van der Waals surface area contributed by atoms with Gasteiger partial charge < -0.3 is 20.1 Å². The van der Waals surface area contributed by atoms with E-state index in [0.29, 0.717) is 36.4 Å². The Hall–Kier alpha value is -3.13. The van der Waals surface area contributed by atoms with Gasteiger partial charge in [0.1, 0.15) is 12.4 Å². The molecule has 0 spiro atoms. The second-order valence-electron chi connectivity index (χ2n) is 9.95. The monoisotopic (exact) mass is 483 g/mol. The SMILES string of the molecule is CC(C)C1C(C)CCCC1OCC(=O)NCc1ccc(N(C)Cc2cc([N+](=O)[O-])ccc2O)cc1. The lowest BCUT2D eigenvalue weighted by atomic mass is 9.72. The van der Waals surface area contributed by atoms with Gasteiger partial charge in [0, 0.05) is 43.5 Å². The van der Waals surface area contributed by atoms with Crippen LogP contribution in [0, 0.1) is 27.9 Å². The van der Waals surface area contributed by atoms with Gasteiger partial charge in [-0.1, -0.05) is 45.7 Å². The number of nitro benzene ring substituents is 1. The number of nitrogens with zero attached hydrogens (tertiary/aromatic N) is 2. The molecule has 8 nitrogen and oxygen atoms in total. The van der Waals surface area contributed by atoms with Crippen LogP contribution in [0.1, 0.15) is 51.2 Å². The highest BCUT2D eigenvalue weighted by atomic mass is 16.6. The maximum Gasteiger partial charge on any atom is 0.270 e. The number of nitro groups is 1. The molecule has 2 N–H and O–H groups in total. The number of carbonyl (C=O) groups is 1. The van der Waals surface area contributed by atoms with Crippen LogP contribution in [0.15, 0.2) is 42.5 Å². The van der Waals surface area contributed by atoms with E-state index in [4.69, 9.17) is 4.74 Å². The summed E-state index contributed by atoms with van der Waals surface area (Å²) in [6.45, 7) is 7.55. The maximum absolute atomic E-state index is 12.4. The zero-order valence-electron chi connectivity index (χ0n) is 21.1. The molecule has 3 atom stereocenters. The molecular weight excluding hydrogens is 446 g/mol. The molecule has 3 rings (SSSR count). The van der Waals surface area contributed by atoms with Crippen LogP contribution in [-0.4, -0.2) is 35.7 Å². The predicted octanol–water partition coefficient (Wildman–Crippen LogP) is 5.03. The summed E-state index contributed by atoms with van der Waals surface area (Å²) >= 11 is 0. The Morgan fingerprint density at radius 1 is 1.23 bits per heavy atom. The normalized spacial score (nSPS) is 20.0. The number of amides is 1. The van der Waals surface area contributed by atoms with Gasteiger partial charge in [0.25, 0.3) is 5.69 Å². The molecule has 2 aromatic carbocycles. The van der Waals surface area contributed by atoms with E-state index in [9.17, 15) is 20.0 Å². The number of nitrogens with one attached hydrogen (secondary N) is 1. The van der Waals surface area contributed by atoms with Crippen molar-refractivity contribution in [3.05, 3.63) is 63.7 Å². The zero-order valence-corrected chi connectivity index (χ0v) is 21.1. The van der Waals surface area contributed by atoms with Crippen LogP contribution in [0.5, 0.6) is 5.75 Å². The molecule has 8 heteroatoms. The van der Waals surface area contributed by atoms with E-state index in [1.54, 1.807) is 0 Å². The van der Waals surface area contributed by atoms with Crippen molar-refractivity contribution in [2.75, 3.05) is 18.6 Å². The molecule has 190 valence electrons. The lowest BCUT2D eigenvalue weighted by Gasteiger charge is -2.38. The molecule has 0 radical (unpaired) electrons.